The number of nitrogens with zero attached hydrogens (tertiary/aromatic N) is 1. The zero-order chi connectivity index (χ0) is 14.6. The molecule has 1 aliphatic carbocycles. The molecular formula is C17H32N2O. The van der Waals surface area contributed by atoms with Gasteiger partial charge in [-0.1, -0.05) is 40.0 Å². The number of carbonyl (C=O) groups is 1. The predicted octanol–water partition coefficient (Wildman–Crippen LogP) is 3.19. The molecule has 3 heteroatoms. The van der Waals surface area contributed by atoms with Gasteiger partial charge in [0, 0.05) is 24.5 Å². The summed E-state index contributed by atoms with van der Waals surface area (Å²) in [5.41, 5.74) is -0.0536. The lowest BCUT2D eigenvalue weighted by atomic mass is 9.84. The normalized spacial score (nSPS) is 29.6. The van der Waals surface area contributed by atoms with Gasteiger partial charge in [0.25, 0.3) is 0 Å². The maximum Gasteiger partial charge on any atom is 0.228 e. The van der Waals surface area contributed by atoms with E-state index in [1.165, 1.54) is 25.7 Å². The Morgan fingerprint density at radius 2 is 2.00 bits per heavy atom. The fraction of sp³-hybridized carbons (Fsp3) is 0.941. The van der Waals surface area contributed by atoms with Crippen LogP contribution in [-0.4, -0.2) is 36.5 Å². The lowest BCUT2D eigenvalue weighted by Crippen LogP contribution is -2.53. The zero-order valence-corrected chi connectivity index (χ0v) is 13.6. The average Bonchev–Trinajstić information content (AvgIpc) is 2.92. The van der Waals surface area contributed by atoms with Crippen molar-refractivity contribution < 1.29 is 4.79 Å². The Hall–Kier alpha value is -0.570. The third kappa shape index (κ3) is 3.36. The Balaban J connectivity index is 1.93. The van der Waals surface area contributed by atoms with Crippen molar-refractivity contribution >= 4 is 5.91 Å². The van der Waals surface area contributed by atoms with Crippen LogP contribution in [0.1, 0.15) is 65.7 Å². The Bertz CT molecular complexity index is 323. The molecule has 1 saturated heterocycles. The topological polar surface area (TPSA) is 32.3 Å². The molecule has 0 spiro atoms. The molecule has 1 heterocycles. The van der Waals surface area contributed by atoms with Gasteiger partial charge < -0.3 is 10.2 Å². The van der Waals surface area contributed by atoms with Crippen LogP contribution in [0.15, 0.2) is 0 Å². The average molecular weight is 280 g/mol. The molecule has 0 bridgehead atoms. The van der Waals surface area contributed by atoms with Crippen molar-refractivity contribution in [2.45, 2.75) is 71.8 Å². The first-order valence-corrected chi connectivity index (χ1v) is 8.63. The van der Waals surface area contributed by atoms with Gasteiger partial charge in [-0.15, -0.1) is 0 Å². The van der Waals surface area contributed by atoms with Gasteiger partial charge >= 0.3 is 0 Å². The van der Waals surface area contributed by atoms with Crippen LogP contribution in [0, 0.1) is 11.3 Å². The van der Waals surface area contributed by atoms with Crippen LogP contribution in [0.2, 0.25) is 0 Å². The second-order valence-electron chi connectivity index (χ2n) is 7.04. The van der Waals surface area contributed by atoms with Gasteiger partial charge in [0.05, 0.1) is 0 Å². The quantitative estimate of drug-likeness (QED) is 0.839. The lowest BCUT2D eigenvalue weighted by Gasteiger charge is -2.41. The fourth-order valence-corrected chi connectivity index (χ4v) is 3.98. The molecule has 1 aliphatic heterocycles. The monoisotopic (exact) mass is 280 g/mol. The van der Waals surface area contributed by atoms with Crippen molar-refractivity contribution in [3.63, 3.8) is 0 Å². The summed E-state index contributed by atoms with van der Waals surface area (Å²) < 4.78 is 0. The van der Waals surface area contributed by atoms with Crippen molar-refractivity contribution in [3.8, 4) is 0 Å². The molecule has 2 atom stereocenters. The van der Waals surface area contributed by atoms with Crippen LogP contribution in [0.3, 0.4) is 0 Å². The van der Waals surface area contributed by atoms with Gasteiger partial charge in [-0.05, 0) is 38.1 Å². The van der Waals surface area contributed by atoms with Crippen molar-refractivity contribution in [3.05, 3.63) is 0 Å². The van der Waals surface area contributed by atoms with E-state index in [2.05, 4.69) is 31.0 Å². The van der Waals surface area contributed by atoms with E-state index in [0.717, 1.165) is 38.9 Å². The molecule has 0 radical (unpaired) electrons. The van der Waals surface area contributed by atoms with Gasteiger partial charge in [0.1, 0.15) is 0 Å². The number of likely N-dealkylation sites (tertiary alicyclic amines) is 1. The summed E-state index contributed by atoms with van der Waals surface area (Å²) in [6.45, 7) is 9.68. The number of carbonyl (C=O) groups excluding carboxylic acids is 1. The Kier molecular flexibility index (Phi) is 5.48. The maximum atomic E-state index is 12.8. The highest BCUT2D eigenvalue weighted by Gasteiger charge is 2.41. The zero-order valence-electron chi connectivity index (χ0n) is 13.6. The van der Waals surface area contributed by atoms with E-state index in [1.54, 1.807) is 0 Å². The molecule has 20 heavy (non-hydrogen) atoms. The summed E-state index contributed by atoms with van der Waals surface area (Å²) in [5, 5.41) is 3.67. The number of hydrogen-bond acceptors (Lipinski definition) is 2. The Labute approximate surface area is 124 Å². The first-order valence-electron chi connectivity index (χ1n) is 8.63. The summed E-state index contributed by atoms with van der Waals surface area (Å²) in [6, 6.07) is 0.611. The van der Waals surface area contributed by atoms with Crippen molar-refractivity contribution in [1.82, 2.24) is 10.2 Å². The summed E-state index contributed by atoms with van der Waals surface area (Å²) in [7, 11) is 0. The smallest absolute Gasteiger partial charge is 0.228 e. The first-order chi connectivity index (χ1) is 9.60. The van der Waals surface area contributed by atoms with Crippen LogP contribution in [0.25, 0.3) is 0 Å². The van der Waals surface area contributed by atoms with E-state index in [1.807, 2.05) is 0 Å². The standard InChI is InChI=1S/C17H32N2O/c1-4-11-18-15-8-12-19(13-14(15)5-2)16(20)17(3)9-6-7-10-17/h14-15,18H,4-13H2,1-3H3. The molecule has 1 amide bonds. The molecule has 1 saturated carbocycles. The number of piperidine rings is 1. The minimum atomic E-state index is -0.0536. The van der Waals surface area contributed by atoms with E-state index >= 15 is 0 Å². The van der Waals surface area contributed by atoms with Crippen LogP contribution in [0.5, 0.6) is 0 Å². The summed E-state index contributed by atoms with van der Waals surface area (Å²) in [6.07, 6.45) is 8.13. The van der Waals surface area contributed by atoms with E-state index in [4.69, 9.17) is 0 Å². The van der Waals surface area contributed by atoms with Crippen molar-refractivity contribution in [1.29, 1.82) is 0 Å². The fourth-order valence-electron chi connectivity index (χ4n) is 3.98. The summed E-state index contributed by atoms with van der Waals surface area (Å²) >= 11 is 0. The van der Waals surface area contributed by atoms with Gasteiger partial charge in [-0.25, -0.2) is 0 Å². The minimum absolute atomic E-state index is 0.0536. The lowest BCUT2D eigenvalue weighted by molar-refractivity contribution is -0.143. The largest absolute Gasteiger partial charge is 0.342 e. The van der Waals surface area contributed by atoms with Crippen LogP contribution in [-0.2, 0) is 4.79 Å². The Morgan fingerprint density at radius 1 is 1.30 bits per heavy atom. The van der Waals surface area contributed by atoms with Crippen LogP contribution in [0.4, 0.5) is 0 Å². The van der Waals surface area contributed by atoms with Gasteiger partial charge in [0.2, 0.25) is 5.91 Å². The number of rotatable bonds is 5. The number of nitrogens with one attached hydrogen (secondary N) is 1. The first kappa shape index (κ1) is 15.8. The molecule has 2 aliphatic rings. The molecule has 0 aromatic carbocycles. The highest BCUT2D eigenvalue weighted by molar-refractivity contribution is 5.82. The molecule has 1 N–H and O–H groups in total. The maximum absolute atomic E-state index is 12.8. The minimum Gasteiger partial charge on any atom is -0.342 e. The second kappa shape index (κ2) is 6.93. The van der Waals surface area contributed by atoms with Crippen LogP contribution < -0.4 is 5.32 Å². The van der Waals surface area contributed by atoms with Gasteiger partial charge in [-0.2, -0.15) is 0 Å². The van der Waals surface area contributed by atoms with E-state index in [-0.39, 0.29) is 5.41 Å². The second-order valence-corrected chi connectivity index (χ2v) is 7.04. The highest BCUT2D eigenvalue weighted by atomic mass is 16.2. The molecule has 3 nitrogen and oxygen atoms in total. The molecule has 0 aromatic heterocycles. The molecule has 2 unspecified atom stereocenters. The van der Waals surface area contributed by atoms with E-state index in [0.29, 0.717) is 17.9 Å². The SMILES string of the molecule is CCCNC1CCN(C(=O)C2(C)CCCC2)CC1CC. The van der Waals surface area contributed by atoms with Crippen molar-refractivity contribution in [2.24, 2.45) is 11.3 Å². The predicted molar refractivity (Wildman–Crippen MR) is 83.6 cm³/mol. The Morgan fingerprint density at radius 3 is 2.60 bits per heavy atom. The molecule has 2 rings (SSSR count). The van der Waals surface area contributed by atoms with Gasteiger partial charge in [0.15, 0.2) is 0 Å². The molecule has 116 valence electrons. The van der Waals surface area contributed by atoms with E-state index < -0.39 is 0 Å². The highest BCUT2D eigenvalue weighted by Crippen LogP contribution is 2.40. The van der Waals surface area contributed by atoms with Crippen LogP contribution >= 0.6 is 0 Å². The molecule has 2 fully saturated rings. The van der Waals surface area contributed by atoms with E-state index in [9.17, 15) is 4.79 Å². The summed E-state index contributed by atoms with van der Waals surface area (Å²) in [5.74, 6) is 1.06. The molecular weight excluding hydrogens is 248 g/mol. The molecule has 0 aromatic rings. The third-order valence-corrected chi connectivity index (χ3v) is 5.43. The number of hydrogen-bond donors (Lipinski definition) is 1. The summed E-state index contributed by atoms with van der Waals surface area (Å²) in [4.78, 5) is 15.0. The third-order valence-electron chi connectivity index (χ3n) is 5.43. The number of amides is 1. The van der Waals surface area contributed by atoms with Crippen molar-refractivity contribution in [2.75, 3.05) is 19.6 Å². The van der Waals surface area contributed by atoms with Gasteiger partial charge in [-0.3, -0.25) is 4.79 Å².